The molecule has 1 aliphatic carbocycles. The zero-order valence-electron chi connectivity index (χ0n) is 30.8. The summed E-state index contributed by atoms with van der Waals surface area (Å²) in [5.74, 6) is 0. The van der Waals surface area contributed by atoms with Crippen LogP contribution in [0, 0.1) is 0 Å². The molecule has 11 rings (SSSR count). The summed E-state index contributed by atoms with van der Waals surface area (Å²) in [6.45, 7) is 0.697. The zero-order valence-corrected chi connectivity index (χ0v) is 31.6. The Bertz CT molecular complexity index is 2870. The van der Waals surface area contributed by atoms with Crippen molar-refractivity contribution in [1.82, 2.24) is 0 Å². The molecule has 0 saturated heterocycles. The van der Waals surface area contributed by atoms with Gasteiger partial charge in [0.15, 0.2) is 0 Å². The van der Waals surface area contributed by atoms with Gasteiger partial charge in [0.05, 0.1) is 5.41 Å². The first-order valence-corrected chi connectivity index (χ1v) is 20.2. The maximum absolute atomic E-state index is 2.56. The fraction of sp³-hybridized carbons (Fsp3) is 0.0370. The van der Waals surface area contributed by atoms with Crippen LogP contribution in [0.15, 0.2) is 222 Å². The molecule has 9 aromatic rings. The first-order valence-electron chi connectivity index (χ1n) is 19.4. The molecule has 0 radical (unpaired) electrons. The van der Waals surface area contributed by atoms with Gasteiger partial charge in [-0.3, -0.25) is 0 Å². The number of fused-ring (bicyclic) bond motifs is 11. The molecule has 1 nitrogen and oxygen atoms in total. The summed E-state index contributed by atoms with van der Waals surface area (Å²) < 4.78 is 0. The van der Waals surface area contributed by atoms with Crippen LogP contribution in [0.1, 0.15) is 27.8 Å². The molecule has 0 saturated carbocycles. The van der Waals surface area contributed by atoms with Gasteiger partial charge in [-0.1, -0.05) is 194 Å². The molecule has 56 heavy (non-hydrogen) atoms. The third-order valence-corrected chi connectivity index (χ3v) is 13.0. The van der Waals surface area contributed by atoms with Crippen LogP contribution >= 0.6 is 11.8 Å². The fourth-order valence-electron chi connectivity index (χ4n) is 9.42. The lowest BCUT2D eigenvalue weighted by Crippen LogP contribution is -2.32. The molecular formula is C54H37NS. The molecule has 1 spiro atoms. The van der Waals surface area contributed by atoms with Crippen molar-refractivity contribution in [2.75, 3.05) is 4.90 Å². The normalized spacial score (nSPS) is 13.1. The SMILES string of the molecule is c1ccc(-c2ccc(N(Cc3ccccc3-c3ccccc3)c3cccc4c3-c3c(ccc5ccccc35)C43c4ccccc4Sc4ccccc43)cc2)cc1. The topological polar surface area (TPSA) is 3.24 Å². The summed E-state index contributed by atoms with van der Waals surface area (Å²) in [4.78, 5) is 5.19. The van der Waals surface area contributed by atoms with Crippen LogP contribution in [0.25, 0.3) is 44.2 Å². The van der Waals surface area contributed by atoms with Crippen molar-refractivity contribution in [3.63, 3.8) is 0 Å². The van der Waals surface area contributed by atoms with E-state index in [1.165, 1.54) is 87.4 Å². The van der Waals surface area contributed by atoms with Gasteiger partial charge in [-0.05, 0) is 96.7 Å². The molecule has 0 bridgehead atoms. The minimum atomic E-state index is -0.478. The molecule has 9 aromatic carbocycles. The summed E-state index contributed by atoms with van der Waals surface area (Å²) in [6.07, 6.45) is 0. The third-order valence-electron chi connectivity index (χ3n) is 11.8. The van der Waals surface area contributed by atoms with E-state index in [0.717, 1.165) is 5.69 Å². The largest absolute Gasteiger partial charge is 0.336 e. The van der Waals surface area contributed by atoms with E-state index in [0.29, 0.717) is 6.54 Å². The van der Waals surface area contributed by atoms with Gasteiger partial charge in [-0.2, -0.15) is 0 Å². The van der Waals surface area contributed by atoms with Crippen molar-refractivity contribution in [2.45, 2.75) is 21.8 Å². The predicted molar refractivity (Wildman–Crippen MR) is 235 cm³/mol. The molecular weight excluding hydrogens is 695 g/mol. The molecule has 0 N–H and O–H groups in total. The van der Waals surface area contributed by atoms with Crippen LogP contribution in [0.2, 0.25) is 0 Å². The molecule has 1 heterocycles. The molecule has 2 aliphatic rings. The standard InChI is InChI=1S/C54H37NS/c1-3-16-37(17-4-1)38-30-33-42(34-31-38)55(36-41-21-8-9-22-43(41)39-18-5-2-6-19-39)49-27-15-26-47-53(49)52-44-23-10-7-20-40(44)32-35-48(52)54(47)45-24-11-13-28-50(45)56-51-29-14-12-25-46(51)54/h1-35H,36H2. The van der Waals surface area contributed by atoms with Crippen molar-refractivity contribution in [3.8, 4) is 33.4 Å². The Kier molecular flexibility index (Phi) is 7.79. The van der Waals surface area contributed by atoms with E-state index in [1.807, 2.05) is 11.8 Å². The molecule has 0 atom stereocenters. The van der Waals surface area contributed by atoms with Crippen molar-refractivity contribution in [3.05, 3.63) is 240 Å². The van der Waals surface area contributed by atoms with E-state index >= 15 is 0 Å². The van der Waals surface area contributed by atoms with Gasteiger partial charge in [0.2, 0.25) is 0 Å². The second-order valence-corrected chi connectivity index (χ2v) is 15.9. The van der Waals surface area contributed by atoms with Crippen LogP contribution in [0.4, 0.5) is 11.4 Å². The van der Waals surface area contributed by atoms with Gasteiger partial charge < -0.3 is 4.90 Å². The summed E-state index contributed by atoms with van der Waals surface area (Å²) in [5, 5.41) is 2.54. The highest BCUT2D eigenvalue weighted by molar-refractivity contribution is 7.99. The van der Waals surface area contributed by atoms with Gasteiger partial charge in [-0.25, -0.2) is 0 Å². The fourth-order valence-corrected chi connectivity index (χ4v) is 10.6. The Labute approximate surface area is 332 Å². The summed E-state index contributed by atoms with van der Waals surface area (Å²) >= 11 is 1.89. The lowest BCUT2D eigenvalue weighted by molar-refractivity contribution is 0.722. The third kappa shape index (κ3) is 5.03. The van der Waals surface area contributed by atoms with E-state index in [-0.39, 0.29) is 0 Å². The van der Waals surface area contributed by atoms with E-state index in [2.05, 4.69) is 217 Å². The maximum atomic E-state index is 2.56. The molecule has 0 aromatic heterocycles. The predicted octanol–water partition coefficient (Wildman–Crippen LogP) is 14.3. The number of nitrogens with zero attached hydrogens (tertiary/aromatic N) is 1. The first kappa shape index (κ1) is 32.8. The van der Waals surface area contributed by atoms with Crippen molar-refractivity contribution < 1.29 is 0 Å². The van der Waals surface area contributed by atoms with Crippen LogP contribution in [0.5, 0.6) is 0 Å². The van der Waals surface area contributed by atoms with E-state index in [4.69, 9.17) is 0 Å². The van der Waals surface area contributed by atoms with Crippen molar-refractivity contribution in [1.29, 1.82) is 0 Å². The number of anilines is 2. The Balaban J connectivity index is 1.21. The smallest absolute Gasteiger partial charge is 0.0736 e. The monoisotopic (exact) mass is 731 g/mol. The second-order valence-electron chi connectivity index (χ2n) is 14.8. The molecule has 1 aliphatic heterocycles. The van der Waals surface area contributed by atoms with Gasteiger partial charge in [0.1, 0.15) is 0 Å². The molecule has 0 amide bonds. The van der Waals surface area contributed by atoms with Gasteiger partial charge in [0.25, 0.3) is 0 Å². The number of rotatable bonds is 6. The molecule has 0 fully saturated rings. The van der Waals surface area contributed by atoms with E-state index in [1.54, 1.807) is 0 Å². The Hall–Kier alpha value is -6.61. The van der Waals surface area contributed by atoms with Gasteiger partial charge in [0, 0.05) is 33.3 Å². The minimum absolute atomic E-state index is 0.478. The lowest BCUT2D eigenvalue weighted by atomic mass is 9.67. The van der Waals surface area contributed by atoms with Gasteiger partial charge >= 0.3 is 0 Å². The van der Waals surface area contributed by atoms with Crippen LogP contribution in [0.3, 0.4) is 0 Å². The zero-order chi connectivity index (χ0) is 37.1. The summed E-state index contributed by atoms with van der Waals surface area (Å²) in [6, 6.07) is 78.5. The van der Waals surface area contributed by atoms with Crippen LogP contribution in [-0.4, -0.2) is 0 Å². The van der Waals surface area contributed by atoms with E-state index in [9.17, 15) is 0 Å². The number of hydrogen-bond donors (Lipinski definition) is 0. The van der Waals surface area contributed by atoms with Crippen LogP contribution in [-0.2, 0) is 12.0 Å². The van der Waals surface area contributed by atoms with Crippen molar-refractivity contribution in [2.24, 2.45) is 0 Å². The maximum Gasteiger partial charge on any atom is 0.0736 e. The Morgan fingerprint density at radius 1 is 0.393 bits per heavy atom. The highest BCUT2D eigenvalue weighted by atomic mass is 32.2. The average molecular weight is 732 g/mol. The van der Waals surface area contributed by atoms with Crippen LogP contribution < -0.4 is 4.90 Å². The van der Waals surface area contributed by atoms with Gasteiger partial charge in [-0.15, -0.1) is 0 Å². The molecule has 264 valence electrons. The highest BCUT2D eigenvalue weighted by Gasteiger charge is 2.51. The average Bonchev–Trinajstić information content (AvgIpc) is 3.58. The first-order chi connectivity index (χ1) is 27.8. The lowest BCUT2D eigenvalue weighted by Gasteiger charge is -2.39. The summed E-state index contributed by atoms with van der Waals surface area (Å²) in [5.41, 5.74) is 16.1. The summed E-state index contributed by atoms with van der Waals surface area (Å²) in [7, 11) is 0. The molecule has 2 heteroatoms. The van der Waals surface area contributed by atoms with Crippen molar-refractivity contribution >= 4 is 33.9 Å². The molecule has 0 unspecified atom stereocenters. The number of hydrogen-bond acceptors (Lipinski definition) is 2. The quantitative estimate of drug-likeness (QED) is 0.168. The minimum Gasteiger partial charge on any atom is -0.336 e. The Morgan fingerprint density at radius 2 is 0.964 bits per heavy atom. The highest BCUT2D eigenvalue weighted by Crippen LogP contribution is 2.64. The number of benzene rings is 9. The second kappa shape index (κ2) is 13.3. The van der Waals surface area contributed by atoms with E-state index < -0.39 is 5.41 Å². The Morgan fingerprint density at radius 3 is 1.71 bits per heavy atom.